The van der Waals surface area contributed by atoms with Crippen molar-refractivity contribution in [1.82, 2.24) is 24.6 Å². The number of H-pyrrole nitrogens is 1. The van der Waals surface area contributed by atoms with E-state index in [-0.39, 0.29) is 4.90 Å². The van der Waals surface area contributed by atoms with Crippen LogP contribution >= 0.6 is 0 Å². The first kappa shape index (κ1) is 23.6. The Labute approximate surface area is 219 Å². The highest BCUT2D eigenvalue weighted by atomic mass is 32.2. The lowest BCUT2D eigenvalue weighted by Gasteiger charge is -2.11. The minimum Gasteiger partial charge on any atom is -0.493 e. The summed E-state index contributed by atoms with van der Waals surface area (Å²) in [6, 6.07) is 31.9. The van der Waals surface area contributed by atoms with Crippen LogP contribution in [0, 0.1) is 0 Å². The lowest BCUT2D eigenvalue weighted by Crippen LogP contribution is -2.11. The summed E-state index contributed by atoms with van der Waals surface area (Å²) in [7, 11) is -3.68. The molecule has 6 aromatic rings. The van der Waals surface area contributed by atoms with Gasteiger partial charge in [0.1, 0.15) is 5.75 Å². The third kappa shape index (κ3) is 4.55. The van der Waals surface area contributed by atoms with Gasteiger partial charge in [-0.3, -0.25) is 0 Å². The Bertz CT molecular complexity index is 1810. The van der Waals surface area contributed by atoms with Crippen LogP contribution in [-0.4, -0.2) is 39.6 Å². The number of tetrazole rings is 1. The molecular weight excluding hydrogens is 498 g/mol. The van der Waals surface area contributed by atoms with Crippen molar-refractivity contribution in [3.8, 4) is 28.3 Å². The molecule has 0 spiro atoms. The molecule has 0 radical (unpaired) electrons. The lowest BCUT2D eigenvalue weighted by atomic mass is 10.0. The van der Waals surface area contributed by atoms with E-state index in [1.54, 1.807) is 36.5 Å². The second kappa shape index (κ2) is 9.95. The van der Waals surface area contributed by atoms with Gasteiger partial charge in [0.25, 0.3) is 10.0 Å². The second-order valence-electron chi connectivity index (χ2n) is 8.72. The van der Waals surface area contributed by atoms with Crippen LogP contribution in [0.25, 0.3) is 33.4 Å². The van der Waals surface area contributed by atoms with Gasteiger partial charge in [0.05, 0.1) is 17.0 Å². The predicted octanol–water partition coefficient (Wildman–Crippen LogP) is 5.35. The standard InChI is InChI=1S/C29H23N5O3S/c35-38(36,26-12-2-1-3-13-26)34-17-15-27-21(7-6-14-28(27)34)16-18-37-25-11-5-9-23(20-25)22-8-4-10-24(19-22)29-30-32-33-31-29/h1-15,17,19-20H,16,18H2,(H,30,31,32,33). The number of aromatic nitrogens is 5. The Hall–Kier alpha value is -4.76. The van der Waals surface area contributed by atoms with Crippen LogP contribution in [0.3, 0.4) is 0 Å². The van der Waals surface area contributed by atoms with Crippen LogP contribution in [0.15, 0.2) is 114 Å². The molecule has 0 saturated carbocycles. The number of nitrogens with one attached hydrogen (secondary N) is 1. The number of aromatic amines is 1. The molecule has 1 N–H and O–H groups in total. The Morgan fingerprint density at radius 2 is 1.55 bits per heavy atom. The largest absolute Gasteiger partial charge is 0.493 e. The quantitative estimate of drug-likeness (QED) is 0.290. The number of rotatable bonds is 8. The Morgan fingerprint density at radius 3 is 2.37 bits per heavy atom. The normalized spacial score (nSPS) is 11.6. The van der Waals surface area contributed by atoms with E-state index >= 15 is 0 Å². The molecule has 188 valence electrons. The molecule has 0 unspecified atom stereocenters. The van der Waals surface area contributed by atoms with Crippen molar-refractivity contribution in [2.75, 3.05) is 6.61 Å². The highest BCUT2D eigenvalue weighted by molar-refractivity contribution is 7.90. The maximum Gasteiger partial charge on any atom is 0.268 e. The number of hydrogen-bond acceptors (Lipinski definition) is 6. The number of fused-ring (bicyclic) bond motifs is 1. The summed E-state index contributed by atoms with van der Waals surface area (Å²) < 4.78 is 33.8. The Morgan fingerprint density at radius 1 is 0.789 bits per heavy atom. The molecule has 0 aliphatic rings. The van der Waals surface area contributed by atoms with E-state index in [9.17, 15) is 8.42 Å². The zero-order chi connectivity index (χ0) is 26.0. The fraction of sp³-hybridized carbons (Fsp3) is 0.0690. The number of ether oxygens (including phenoxy) is 1. The summed E-state index contributed by atoms with van der Waals surface area (Å²) in [5.41, 5.74) is 4.57. The summed E-state index contributed by atoms with van der Waals surface area (Å²) in [5, 5.41) is 15.1. The molecule has 2 heterocycles. The van der Waals surface area contributed by atoms with Crippen molar-refractivity contribution < 1.29 is 13.2 Å². The molecule has 0 fully saturated rings. The fourth-order valence-corrected chi connectivity index (χ4v) is 5.87. The van der Waals surface area contributed by atoms with Gasteiger partial charge in [-0.1, -0.05) is 60.7 Å². The molecule has 0 saturated heterocycles. The van der Waals surface area contributed by atoms with Crippen molar-refractivity contribution in [1.29, 1.82) is 0 Å². The van der Waals surface area contributed by atoms with Gasteiger partial charge in [-0.2, -0.15) is 5.21 Å². The molecule has 9 heteroatoms. The number of nitrogens with zero attached hydrogens (tertiary/aromatic N) is 4. The minimum absolute atomic E-state index is 0.258. The topological polar surface area (TPSA) is 103 Å². The van der Waals surface area contributed by atoms with Crippen molar-refractivity contribution in [2.45, 2.75) is 11.3 Å². The molecule has 38 heavy (non-hydrogen) atoms. The maximum atomic E-state index is 13.2. The summed E-state index contributed by atoms with van der Waals surface area (Å²) in [6.07, 6.45) is 2.24. The Balaban J connectivity index is 1.19. The van der Waals surface area contributed by atoms with Gasteiger partial charge in [-0.05, 0) is 64.4 Å². The number of hydrogen-bond donors (Lipinski definition) is 1. The molecule has 0 aliphatic carbocycles. The first-order valence-electron chi connectivity index (χ1n) is 12.1. The van der Waals surface area contributed by atoms with Gasteiger partial charge in [0, 0.05) is 23.6 Å². The van der Waals surface area contributed by atoms with Crippen LogP contribution in [0.1, 0.15) is 5.56 Å². The van der Waals surface area contributed by atoms with Gasteiger partial charge in [-0.15, -0.1) is 10.2 Å². The molecule has 0 atom stereocenters. The van der Waals surface area contributed by atoms with Crippen molar-refractivity contribution in [2.24, 2.45) is 0 Å². The summed E-state index contributed by atoms with van der Waals surface area (Å²) in [5.74, 6) is 1.29. The smallest absolute Gasteiger partial charge is 0.268 e. The van der Waals surface area contributed by atoms with E-state index < -0.39 is 10.0 Å². The highest BCUT2D eigenvalue weighted by Gasteiger charge is 2.19. The lowest BCUT2D eigenvalue weighted by molar-refractivity contribution is 0.322. The molecule has 4 aromatic carbocycles. The van der Waals surface area contributed by atoms with E-state index in [1.807, 2.05) is 72.8 Å². The van der Waals surface area contributed by atoms with Crippen LogP contribution < -0.4 is 4.74 Å². The van der Waals surface area contributed by atoms with Crippen LogP contribution in [0.5, 0.6) is 5.75 Å². The summed E-state index contributed by atoms with van der Waals surface area (Å²) >= 11 is 0. The minimum atomic E-state index is -3.68. The fourth-order valence-electron chi connectivity index (χ4n) is 4.51. The average Bonchev–Trinajstić information content (AvgIpc) is 3.65. The molecule has 6 rings (SSSR count). The zero-order valence-electron chi connectivity index (χ0n) is 20.2. The SMILES string of the molecule is O=S(=O)(c1ccccc1)n1ccc2c(CCOc3cccc(-c4cccc(-c5nn[nH]n5)c4)c3)cccc21. The monoisotopic (exact) mass is 521 g/mol. The van der Waals surface area contributed by atoms with Crippen molar-refractivity contribution in [3.63, 3.8) is 0 Å². The van der Waals surface area contributed by atoms with Gasteiger partial charge < -0.3 is 4.74 Å². The molecule has 0 amide bonds. The number of benzene rings is 4. The summed E-state index contributed by atoms with van der Waals surface area (Å²) in [4.78, 5) is 0.258. The van der Waals surface area contributed by atoms with E-state index in [1.165, 1.54) is 3.97 Å². The van der Waals surface area contributed by atoms with E-state index in [0.717, 1.165) is 33.4 Å². The molecule has 0 aliphatic heterocycles. The molecule has 0 bridgehead atoms. The maximum absolute atomic E-state index is 13.2. The third-order valence-corrected chi connectivity index (χ3v) is 8.07. The van der Waals surface area contributed by atoms with Crippen LogP contribution in [0.2, 0.25) is 0 Å². The van der Waals surface area contributed by atoms with Gasteiger partial charge in [0.2, 0.25) is 5.82 Å². The van der Waals surface area contributed by atoms with E-state index in [0.29, 0.717) is 24.4 Å². The second-order valence-corrected chi connectivity index (χ2v) is 10.5. The van der Waals surface area contributed by atoms with Crippen LogP contribution in [-0.2, 0) is 16.4 Å². The molecule has 2 aromatic heterocycles. The Kier molecular flexibility index (Phi) is 6.19. The zero-order valence-corrected chi connectivity index (χ0v) is 21.0. The molecule has 8 nitrogen and oxygen atoms in total. The van der Waals surface area contributed by atoms with Crippen LogP contribution in [0.4, 0.5) is 0 Å². The van der Waals surface area contributed by atoms with Crippen molar-refractivity contribution >= 4 is 20.9 Å². The van der Waals surface area contributed by atoms with E-state index in [4.69, 9.17) is 4.74 Å². The highest BCUT2D eigenvalue weighted by Crippen LogP contribution is 2.28. The third-order valence-electron chi connectivity index (χ3n) is 6.36. The first-order valence-corrected chi connectivity index (χ1v) is 13.5. The van der Waals surface area contributed by atoms with Gasteiger partial charge in [-0.25, -0.2) is 12.4 Å². The first-order chi connectivity index (χ1) is 18.6. The summed E-state index contributed by atoms with van der Waals surface area (Å²) in [6.45, 7) is 0.447. The molecular formula is C29H23N5O3S. The predicted molar refractivity (Wildman–Crippen MR) is 145 cm³/mol. The van der Waals surface area contributed by atoms with Gasteiger partial charge in [0.15, 0.2) is 0 Å². The van der Waals surface area contributed by atoms with Crippen molar-refractivity contribution in [3.05, 3.63) is 115 Å². The van der Waals surface area contributed by atoms with Gasteiger partial charge >= 0.3 is 0 Å². The average molecular weight is 522 g/mol. The van der Waals surface area contributed by atoms with E-state index in [2.05, 4.69) is 20.6 Å².